The minimum absolute atomic E-state index is 0.0923. The third kappa shape index (κ3) is 8.18. The van der Waals surface area contributed by atoms with E-state index in [1.54, 1.807) is 25.3 Å². The van der Waals surface area contributed by atoms with Crippen LogP contribution in [-0.4, -0.2) is 14.1 Å². The van der Waals surface area contributed by atoms with Gasteiger partial charge in [-0.3, -0.25) is 13.7 Å². The van der Waals surface area contributed by atoms with Crippen LogP contribution in [0.5, 0.6) is 11.5 Å². The second-order valence-corrected chi connectivity index (χ2v) is 19.6. The van der Waals surface area contributed by atoms with Crippen LogP contribution >= 0.6 is 0 Å². The highest BCUT2D eigenvalue weighted by Gasteiger charge is 2.25. The van der Waals surface area contributed by atoms with Gasteiger partial charge in [0, 0.05) is 25.8 Å². The van der Waals surface area contributed by atoms with Crippen LogP contribution in [0.3, 0.4) is 0 Å². The third-order valence-corrected chi connectivity index (χ3v) is 13.0. The SMILES string of the molecule is [2H]c1c([2H])c([2H])c(-c2cccc(-c3cc(C(C)(C)C)cc(C(C)(C)C)c3)c2-[n+]2[c-]n(-c3cccc(Oc4ccc5c6ccccc6n(-c6cc(C([2H])([2H])C)ccn6)c5c4)c3)c3cc(-c4ccccc4)ccc32)c([2H])c1[2H]. The molecule has 11 aromatic rings. The van der Waals surface area contributed by atoms with Gasteiger partial charge in [-0.2, -0.15) is 0 Å². The quantitative estimate of drug-likeness (QED) is 0.107. The molecular formula is C64H56N4O. The number of fused-ring (bicyclic) bond motifs is 4. The summed E-state index contributed by atoms with van der Waals surface area (Å²) in [5.74, 6) is 1.75. The Kier molecular flexibility index (Phi) is 9.02. The van der Waals surface area contributed by atoms with Gasteiger partial charge in [0.2, 0.25) is 0 Å². The van der Waals surface area contributed by atoms with Crippen LogP contribution in [-0.2, 0) is 17.2 Å². The van der Waals surface area contributed by atoms with Gasteiger partial charge in [-0.15, -0.1) is 0 Å². The molecule has 0 aliphatic heterocycles. The molecule has 0 atom stereocenters. The van der Waals surface area contributed by atoms with Crippen molar-refractivity contribution in [3.8, 4) is 62.1 Å². The lowest BCUT2D eigenvalue weighted by Crippen LogP contribution is -2.31. The molecule has 0 N–H and O–H groups in total. The number of pyridine rings is 1. The Hall–Kier alpha value is -8.02. The molecule has 0 amide bonds. The number of aromatic nitrogens is 4. The van der Waals surface area contributed by atoms with Crippen molar-refractivity contribution in [2.24, 2.45) is 0 Å². The van der Waals surface area contributed by atoms with E-state index in [4.69, 9.17) is 16.6 Å². The predicted molar refractivity (Wildman–Crippen MR) is 285 cm³/mol. The smallest absolute Gasteiger partial charge is 0.269 e. The molecule has 5 nitrogen and oxygen atoms in total. The summed E-state index contributed by atoms with van der Waals surface area (Å²) in [5, 5.41) is 2.03. The van der Waals surface area contributed by atoms with Crippen LogP contribution in [0.2, 0.25) is 0 Å². The van der Waals surface area contributed by atoms with Crippen LogP contribution in [0, 0.1) is 6.33 Å². The van der Waals surface area contributed by atoms with Crippen LogP contribution in [0.15, 0.2) is 200 Å². The van der Waals surface area contributed by atoms with Gasteiger partial charge in [-0.25, -0.2) is 4.98 Å². The largest absolute Gasteiger partial charge is 0.458 e. The second kappa shape index (κ2) is 17.2. The number of aryl methyl sites for hydroxylation is 1. The Morgan fingerprint density at radius 2 is 1.28 bits per heavy atom. The number of imidazole rings is 1. The summed E-state index contributed by atoms with van der Waals surface area (Å²) in [4.78, 5) is 4.72. The van der Waals surface area contributed by atoms with E-state index in [1.165, 1.54) is 0 Å². The number of hydrogen-bond donors (Lipinski definition) is 0. The first-order valence-corrected chi connectivity index (χ1v) is 23.4. The van der Waals surface area contributed by atoms with E-state index >= 15 is 0 Å². The molecule has 0 aliphatic rings. The van der Waals surface area contributed by atoms with Gasteiger partial charge in [0.15, 0.2) is 0 Å². The maximum absolute atomic E-state index is 9.31. The Labute approximate surface area is 415 Å². The Morgan fingerprint density at radius 3 is 2.03 bits per heavy atom. The van der Waals surface area contributed by atoms with E-state index in [9.17, 15) is 2.74 Å². The molecule has 5 heteroatoms. The molecule has 0 radical (unpaired) electrons. The standard InChI is InChI=1S/C64H56N4O/c1-8-43-33-34-65-61(35-43)68-57-28-16-15-25-55(57)56-31-30-52(41-59(56)68)69-51-24-17-23-50(40-51)66-42-67(58-32-29-46(38-60(58)66)44-19-11-9-12-20-44)62-53(45-21-13-10-14-22-45)26-18-27-54(62)47-36-48(63(2,3)4)39-49(37-47)64(5,6)7/h9-41H,8H2,1-7H3/i8D2,10D,13D,14D,21D,22D. The molecule has 0 unspecified atom stereocenters. The fourth-order valence-corrected chi connectivity index (χ4v) is 9.31. The molecule has 0 bridgehead atoms. The molecule has 69 heavy (non-hydrogen) atoms. The molecule has 11 rings (SSSR count). The zero-order chi connectivity index (χ0) is 53.6. The minimum Gasteiger partial charge on any atom is -0.458 e. The highest BCUT2D eigenvalue weighted by atomic mass is 16.5. The van der Waals surface area contributed by atoms with Crippen molar-refractivity contribution in [1.82, 2.24) is 14.1 Å². The van der Waals surface area contributed by atoms with Gasteiger partial charge >= 0.3 is 0 Å². The number of rotatable bonds is 9. The monoisotopic (exact) mass is 903 g/mol. The summed E-state index contributed by atoms with van der Waals surface area (Å²) in [5.41, 5.74) is 11.4. The number of hydrogen-bond acceptors (Lipinski definition) is 2. The average molecular weight is 904 g/mol. The zero-order valence-electron chi connectivity index (χ0n) is 46.9. The third-order valence-electron chi connectivity index (χ3n) is 13.0. The fourth-order valence-electron chi connectivity index (χ4n) is 9.31. The van der Waals surface area contributed by atoms with Gasteiger partial charge < -0.3 is 4.74 Å². The van der Waals surface area contributed by atoms with Crippen molar-refractivity contribution in [2.75, 3.05) is 0 Å². The van der Waals surface area contributed by atoms with Crippen molar-refractivity contribution in [3.63, 3.8) is 0 Å². The summed E-state index contributed by atoms with van der Waals surface area (Å²) < 4.78 is 74.5. The molecule has 0 saturated carbocycles. The normalized spacial score (nSPS) is 13.7. The highest BCUT2D eigenvalue weighted by molar-refractivity contribution is 6.09. The van der Waals surface area contributed by atoms with Crippen molar-refractivity contribution >= 4 is 32.8 Å². The number of benzene rings is 8. The van der Waals surface area contributed by atoms with Crippen molar-refractivity contribution < 1.29 is 18.9 Å². The second-order valence-electron chi connectivity index (χ2n) is 19.6. The first-order chi connectivity index (χ1) is 36.2. The van der Waals surface area contributed by atoms with E-state index in [0.717, 1.165) is 71.9 Å². The molecule has 3 heterocycles. The highest BCUT2D eigenvalue weighted by Crippen LogP contribution is 2.40. The van der Waals surface area contributed by atoms with Crippen molar-refractivity contribution in [3.05, 3.63) is 223 Å². The molecule has 0 fully saturated rings. The number of para-hydroxylation sites is 2. The van der Waals surface area contributed by atoms with Gasteiger partial charge in [-0.05, 0) is 122 Å². The van der Waals surface area contributed by atoms with Crippen LogP contribution < -0.4 is 9.30 Å². The Bertz CT molecular complexity index is 4040. The lowest BCUT2D eigenvalue weighted by atomic mass is 9.78. The summed E-state index contributed by atoms with van der Waals surface area (Å²) in [6.45, 7) is 14.7. The van der Waals surface area contributed by atoms with E-state index in [2.05, 4.69) is 102 Å². The lowest BCUT2D eigenvalue weighted by Gasteiger charge is -2.27. The molecule has 8 aromatic carbocycles. The summed E-state index contributed by atoms with van der Waals surface area (Å²) in [6.07, 6.45) is 3.83. The fraction of sp³-hybridized carbons (Fsp3) is 0.156. The van der Waals surface area contributed by atoms with E-state index in [-0.39, 0.29) is 28.5 Å². The summed E-state index contributed by atoms with van der Waals surface area (Å²) in [6, 6.07) is 52.5. The van der Waals surface area contributed by atoms with E-state index in [0.29, 0.717) is 34.1 Å². The molecule has 0 saturated heterocycles. The number of ether oxygens (including phenoxy) is 1. The molecule has 0 spiro atoms. The van der Waals surface area contributed by atoms with Gasteiger partial charge in [0.1, 0.15) is 17.3 Å². The first kappa shape index (κ1) is 36.1. The summed E-state index contributed by atoms with van der Waals surface area (Å²) >= 11 is 0. The van der Waals surface area contributed by atoms with Gasteiger partial charge in [0.05, 0.1) is 40.3 Å². The van der Waals surface area contributed by atoms with E-state index < -0.39 is 24.5 Å². The molecule has 0 aliphatic carbocycles. The summed E-state index contributed by atoms with van der Waals surface area (Å²) in [7, 11) is 0. The number of nitrogens with zero attached hydrogens (tertiary/aromatic N) is 4. The molecule has 338 valence electrons. The van der Waals surface area contributed by atoms with Crippen LogP contribution in [0.4, 0.5) is 0 Å². The topological polar surface area (TPSA) is 35.9 Å². The minimum atomic E-state index is -1.56. The predicted octanol–water partition coefficient (Wildman–Crippen LogP) is 16.2. The van der Waals surface area contributed by atoms with Crippen molar-refractivity contribution in [2.45, 2.75) is 65.7 Å². The maximum Gasteiger partial charge on any atom is 0.269 e. The average Bonchev–Trinajstić information content (AvgIpc) is 3.99. The maximum atomic E-state index is 9.31. The first-order valence-electron chi connectivity index (χ1n) is 26.9. The lowest BCUT2D eigenvalue weighted by molar-refractivity contribution is -0.571. The Balaban J connectivity index is 1.13. The zero-order valence-corrected chi connectivity index (χ0v) is 39.9. The van der Waals surface area contributed by atoms with Gasteiger partial charge in [0.25, 0.3) is 6.33 Å². The molecule has 3 aromatic heterocycles. The van der Waals surface area contributed by atoms with Gasteiger partial charge in [-0.1, -0.05) is 182 Å². The van der Waals surface area contributed by atoms with Crippen LogP contribution in [0.25, 0.3) is 83.4 Å². The Morgan fingerprint density at radius 1 is 0.580 bits per heavy atom. The van der Waals surface area contributed by atoms with Crippen molar-refractivity contribution in [1.29, 1.82) is 0 Å². The van der Waals surface area contributed by atoms with E-state index in [1.807, 2.05) is 111 Å². The molecular weight excluding hydrogens is 841 g/mol. The van der Waals surface area contributed by atoms with Crippen LogP contribution in [0.1, 0.15) is 74.8 Å².